The normalized spacial score (nSPS) is 21.7. The zero-order chi connectivity index (χ0) is 17.3. The molecule has 1 aliphatic heterocycles. The SMILES string of the molecule is CC(C)(C)n1nc2c(c1NC(=O)CCC1CCCCC1)C[S@](=O)C2. The number of nitrogens with zero attached hydrogens (tertiary/aromatic N) is 2. The molecule has 1 amide bonds. The summed E-state index contributed by atoms with van der Waals surface area (Å²) >= 11 is 0. The molecule has 134 valence electrons. The van der Waals surface area contributed by atoms with Crippen LogP contribution in [0.1, 0.15) is 77.0 Å². The van der Waals surface area contributed by atoms with Gasteiger partial charge in [-0.1, -0.05) is 32.1 Å². The molecule has 1 saturated carbocycles. The third kappa shape index (κ3) is 3.90. The molecule has 1 fully saturated rings. The van der Waals surface area contributed by atoms with E-state index in [0.717, 1.165) is 23.5 Å². The van der Waals surface area contributed by atoms with Crippen LogP contribution in [0.2, 0.25) is 0 Å². The highest BCUT2D eigenvalue weighted by atomic mass is 32.2. The quantitative estimate of drug-likeness (QED) is 0.899. The van der Waals surface area contributed by atoms with Gasteiger partial charge in [0.1, 0.15) is 5.82 Å². The van der Waals surface area contributed by atoms with Crippen molar-refractivity contribution < 1.29 is 9.00 Å². The Bertz CT molecular complexity index is 639. The smallest absolute Gasteiger partial charge is 0.225 e. The summed E-state index contributed by atoms with van der Waals surface area (Å²) in [6.45, 7) is 6.22. The Morgan fingerprint density at radius 2 is 1.96 bits per heavy atom. The summed E-state index contributed by atoms with van der Waals surface area (Å²) in [7, 11) is -0.883. The fourth-order valence-corrected chi connectivity index (χ4v) is 5.01. The van der Waals surface area contributed by atoms with Crippen molar-refractivity contribution in [3.8, 4) is 0 Å². The first kappa shape index (κ1) is 17.6. The van der Waals surface area contributed by atoms with Gasteiger partial charge in [0.15, 0.2) is 0 Å². The summed E-state index contributed by atoms with van der Waals surface area (Å²) in [5, 5.41) is 7.71. The van der Waals surface area contributed by atoms with Gasteiger partial charge in [-0.3, -0.25) is 9.00 Å². The number of fused-ring (bicyclic) bond motifs is 1. The number of carbonyl (C=O) groups is 1. The van der Waals surface area contributed by atoms with Gasteiger partial charge < -0.3 is 5.32 Å². The Morgan fingerprint density at radius 3 is 2.62 bits per heavy atom. The largest absolute Gasteiger partial charge is 0.311 e. The molecule has 1 N–H and O–H groups in total. The van der Waals surface area contributed by atoms with E-state index in [1.807, 2.05) is 4.68 Å². The van der Waals surface area contributed by atoms with Gasteiger partial charge in [0.2, 0.25) is 5.91 Å². The number of carbonyl (C=O) groups excluding carboxylic acids is 1. The third-order valence-corrected chi connectivity index (χ3v) is 6.27. The van der Waals surface area contributed by atoms with Crippen LogP contribution in [-0.2, 0) is 32.6 Å². The first-order valence-corrected chi connectivity index (χ1v) is 10.6. The average Bonchev–Trinajstić information content (AvgIpc) is 3.03. The van der Waals surface area contributed by atoms with Crippen LogP contribution in [0.5, 0.6) is 0 Å². The fraction of sp³-hybridized carbons (Fsp3) is 0.778. The van der Waals surface area contributed by atoms with Gasteiger partial charge in [0.05, 0.1) is 22.7 Å². The summed E-state index contributed by atoms with van der Waals surface area (Å²) in [5.74, 6) is 2.53. The van der Waals surface area contributed by atoms with Crippen LogP contribution in [0.3, 0.4) is 0 Å². The molecule has 5 nitrogen and oxygen atoms in total. The molecular weight excluding hydrogens is 322 g/mol. The maximum atomic E-state index is 12.5. The maximum absolute atomic E-state index is 12.5. The topological polar surface area (TPSA) is 64.0 Å². The lowest BCUT2D eigenvalue weighted by molar-refractivity contribution is -0.116. The van der Waals surface area contributed by atoms with Crippen molar-refractivity contribution in [1.82, 2.24) is 9.78 Å². The molecule has 0 saturated heterocycles. The molecule has 6 heteroatoms. The van der Waals surface area contributed by atoms with Crippen LogP contribution in [0.15, 0.2) is 0 Å². The maximum Gasteiger partial charge on any atom is 0.225 e. The van der Waals surface area contributed by atoms with Crippen LogP contribution < -0.4 is 5.32 Å². The molecule has 2 heterocycles. The van der Waals surface area contributed by atoms with Crippen LogP contribution in [0.25, 0.3) is 0 Å². The summed E-state index contributed by atoms with van der Waals surface area (Å²) < 4.78 is 13.7. The first-order valence-electron chi connectivity index (χ1n) is 9.10. The Morgan fingerprint density at radius 1 is 1.25 bits per heavy atom. The van der Waals surface area contributed by atoms with E-state index in [1.165, 1.54) is 32.1 Å². The minimum absolute atomic E-state index is 0.0615. The molecule has 0 bridgehead atoms. The monoisotopic (exact) mass is 351 g/mol. The van der Waals surface area contributed by atoms with Gasteiger partial charge in [-0.05, 0) is 33.1 Å². The second kappa shape index (κ2) is 6.98. The zero-order valence-corrected chi connectivity index (χ0v) is 15.9. The standard InChI is InChI=1S/C18H29N3O2S/c1-18(2,3)21-17(14-11-24(23)12-15(14)20-21)19-16(22)10-9-13-7-5-4-6-8-13/h13H,4-12H2,1-3H3,(H,19,22)/t24-/m0/s1. The minimum Gasteiger partial charge on any atom is -0.311 e. The fourth-order valence-electron chi connectivity index (χ4n) is 3.75. The number of amides is 1. The van der Waals surface area contributed by atoms with E-state index < -0.39 is 10.8 Å². The number of hydrogen-bond acceptors (Lipinski definition) is 3. The minimum atomic E-state index is -0.883. The van der Waals surface area contributed by atoms with Crippen molar-refractivity contribution in [3.63, 3.8) is 0 Å². The van der Waals surface area contributed by atoms with E-state index in [2.05, 4.69) is 31.2 Å². The molecule has 1 aliphatic carbocycles. The predicted octanol–water partition coefficient (Wildman–Crippen LogP) is 3.70. The van der Waals surface area contributed by atoms with Gasteiger partial charge in [0.25, 0.3) is 0 Å². The molecule has 0 unspecified atom stereocenters. The summed E-state index contributed by atoms with van der Waals surface area (Å²) in [6.07, 6.45) is 8.03. The Balaban J connectivity index is 1.69. The Hall–Kier alpha value is -1.17. The van der Waals surface area contributed by atoms with Crippen molar-refractivity contribution in [1.29, 1.82) is 0 Å². The summed E-state index contributed by atoms with van der Waals surface area (Å²) in [4.78, 5) is 12.5. The number of rotatable bonds is 4. The molecule has 2 aliphatic rings. The molecule has 24 heavy (non-hydrogen) atoms. The second-order valence-corrected chi connectivity index (χ2v) is 9.63. The van der Waals surface area contributed by atoms with Crippen molar-refractivity contribution in [2.75, 3.05) is 5.32 Å². The molecular formula is C18H29N3O2S. The first-order chi connectivity index (χ1) is 11.3. The van der Waals surface area contributed by atoms with E-state index in [1.54, 1.807) is 0 Å². The van der Waals surface area contributed by atoms with E-state index in [9.17, 15) is 9.00 Å². The number of nitrogens with one attached hydrogen (secondary N) is 1. The Labute approximate surface area is 147 Å². The lowest BCUT2D eigenvalue weighted by Crippen LogP contribution is -2.27. The Kier molecular flexibility index (Phi) is 5.13. The van der Waals surface area contributed by atoms with E-state index in [0.29, 0.717) is 23.8 Å². The molecule has 1 aromatic rings. The van der Waals surface area contributed by atoms with E-state index in [4.69, 9.17) is 0 Å². The summed E-state index contributed by atoms with van der Waals surface area (Å²) in [6, 6.07) is 0. The number of aromatic nitrogens is 2. The molecule has 0 spiro atoms. The average molecular weight is 352 g/mol. The predicted molar refractivity (Wildman–Crippen MR) is 97.2 cm³/mol. The van der Waals surface area contributed by atoms with Crippen molar-refractivity contribution in [2.45, 2.75) is 82.8 Å². The van der Waals surface area contributed by atoms with Crippen LogP contribution in [0, 0.1) is 5.92 Å². The second-order valence-electron chi connectivity index (χ2n) is 8.18. The van der Waals surface area contributed by atoms with E-state index in [-0.39, 0.29) is 11.4 Å². The van der Waals surface area contributed by atoms with Crippen molar-refractivity contribution >= 4 is 22.5 Å². The lowest BCUT2D eigenvalue weighted by Gasteiger charge is -2.24. The molecule has 1 atom stereocenters. The van der Waals surface area contributed by atoms with Crippen LogP contribution >= 0.6 is 0 Å². The van der Waals surface area contributed by atoms with Crippen LogP contribution in [-0.4, -0.2) is 19.9 Å². The number of anilines is 1. The lowest BCUT2D eigenvalue weighted by atomic mass is 9.86. The van der Waals surface area contributed by atoms with Crippen LogP contribution in [0.4, 0.5) is 5.82 Å². The summed E-state index contributed by atoms with van der Waals surface area (Å²) in [5.41, 5.74) is 1.64. The van der Waals surface area contributed by atoms with Gasteiger partial charge >= 0.3 is 0 Å². The molecule has 0 aromatic carbocycles. The third-order valence-electron chi connectivity index (χ3n) is 5.07. The molecule has 0 radical (unpaired) electrons. The van der Waals surface area contributed by atoms with Gasteiger partial charge in [0, 0.05) is 22.8 Å². The highest BCUT2D eigenvalue weighted by Gasteiger charge is 2.31. The van der Waals surface area contributed by atoms with Crippen molar-refractivity contribution in [3.05, 3.63) is 11.3 Å². The zero-order valence-electron chi connectivity index (χ0n) is 15.1. The van der Waals surface area contributed by atoms with Gasteiger partial charge in [-0.25, -0.2) is 4.68 Å². The van der Waals surface area contributed by atoms with Gasteiger partial charge in [-0.2, -0.15) is 5.10 Å². The van der Waals surface area contributed by atoms with Crippen molar-refractivity contribution in [2.24, 2.45) is 5.92 Å². The number of hydrogen-bond donors (Lipinski definition) is 1. The molecule has 3 rings (SSSR count). The van der Waals surface area contributed by atoms with Gasteiger partial charge in [-0.15, -0.1) is 0 Å². The highest BCUT2D eigenvalue weighted by molar-refractivity contribution is 7.83. The highest BCUT2D eigenvalue weighted by Crippen LogP contribution is 2.33. The van der Waals surface area contributed by atoms with E-state index >= 15 is 0 Å². The molecule has 1 aromatic heterocycles.